The summed E-state index contributed by atoms with van der Waals surface area (Å²) in [5.74, 6) is 0.392. The third-order valence-electron chi connectivity index (χ3n) is 2.42. The van der Waals surface area contributed by atoms with Gasteiger partial charge in [-0.15, -0.1) is 0 Å². The molecular formula is C11H18N2O. The van der Waals surface area contributed by atoms with E-state index in [0.29, 0.717) is 12.5 Å². The van der Waals surface area contributed by atoms with Gasteiger partial charge >= 0.3 is 0 Å². The molecule has 1 rings (SSSR count). The van der Waals surface area contributed by atoms with Crippen molar-refractivity contribution in [3.05, 3.63) is 34.2 Å². The van der Waals surface area contributed by atoms with Crippen molar-refractivity contribution in [3.8, 4) is 0 Å². The fourth-order valence-corrected chi connectivity index (χ4v) is 1.20. The molecule has 0 fully saturated rings. The van der Waals surface area contributed by atoms with Crippen LogP contribution in [0.3, 0.4) is 0 Å². The minimum atomic E-state index is 0.0288. The van der Waals surface area contributed by atoms with E-state index in [-0.39, 0.29) is 11.6 Å². The highest BCUT2D eigenvalue weighted by Gasteiger charge is 2.08. The molecule has 1 heterocycles. The molecule has 1 unspecified atom stereocenters. The first kappa shape index (κ1) is 11.0. The lowest BCUT2D eigenvalue weighted by atomic mass is 10.1. The van der Waals surface area contributed by atoms with E-state index in [2.05, 4.69) is 13.8 Å². The lowest BCUT2D eigenvalue weighted by Crippen LogP contribution is -2.35. The van der Waals surface area contributed by atoms with Gasteiger partial charge in [-0.3, -0.25) is 4.79 Å². The van der Waals surface area contributed by atoms with Crippen LogP contribution in [0.4, 0.5) is 0 Å². The maximum absolute atomic E-state index is 11.5. The summed E-state index contributed by atoms with van der Waals surface area (Å²) in [6.07, 6.45) is 1.81. The molecular weight excluding hydrogens is 176 g/mol. The number of hydrogen-bond acceptors (Lipinski definition) is 2. The van der Waals surface area contributed by atoms with Gasteiger partial charge in [0.1, 0.15) is 0 Å². The zero-order valence-electron chi connectivity index (χ0n) is 9.03. The number of rotatable bonds is 3. The quantitative estimate of drug-likeness (QED) is 0.784. The second-order valence-electron chi connectivity index (χ2n) is 4.10. The van der Waals surface area contributed by atoms with Crippen LogP contribution in [-0.4, -0.2) is 10.6 Å². The first-order valence-electron chi connectivity index (χ1n) is 4.93. The number of hydrogen-bond donors (Lipinski definition) is 1. The van der Waals surface area contributed by atoms with Gasteiger partial charge in [0, 0.05) is 24.8 Å². The Morgan fingerprint density at radius 3 is 2.64 bits per heavy atom. The molecule has 0 aliphatic rings. The van der Waals surface area contributed by atoms with Gasteiger partial charge in [0.15, 0.2) is 0 Å². The van der Waals surface area contributed by atoms with Crippen LogP contribution in [0, 0.1) is 12.8 Å². The van der Waals surface area contributed by atoms with Crippen molar-refractivity contribution in [2.24, 2.45) is 11.7 Å². The molecule has 0 aliphatic heterocycles. The van der Waals surface area contributed by atoms with E-state index in [0.717, 1.165) is 5.56 Å². The van der Waals surface area contributed by atoms with Crippen LogP contribution in [0.2, 0.25) is 0 Å². The summed E-state index contributed by atoms with van der Waals surface area (Å²) < 4.78 is 1.66. The van der Waals surface area contributed by atoms with Gasteiger partial charge in [0.05, 0.1) is 0 Å². The predicted octanol–water partition coefficient (Wildman–Crippen LogP) is 1.14. The molecule has 0 aromatic carbocycles. The van der Waals surface area contributed by atoms with Crippen molar-refractivity contribution < 1.29 is 0 Å². The predicted molar refractivity (Wildman–Crippen MR) is 58.3 cm³/mol. The van der Waals surface area contributed by atoms with Crippen LogP contribution in [0.25, 0.3) is 0 Å². The molecule has 1 atom stereocenters. The second-order valence-corrected chi connectivity index (χ2v) is 4.10. The molecule has 0 bridgehead atoms. The molecule has 3 heteroatoms. The molecule has 1 aromatic heterocycles. The highest BCUT2D eigenvalue weighted by atomic mass is 16.1. The molecule has 14 heavy (non-hydrogen) atoms. The average molecular weight is 194 g/mol. The van der Waals surface area contributed by atoms with Gasteiger partial charge in [0.2, 0.25) is 0 Å². The molecule has 78 valence electrons. The van der Waals surface area contributed by atoms with Crippen LogP contribution in [0.5, 0.6) is 0 Å². The summed E-state index contributed by atoms with van der Waals surface area (Å²) in [7, 11) is 0. The number of nitrogens with zero attached hydrogens (tertiary/aromatic N) is 1. The standard InChI is InChI=1S/C11H18N2O/c1-8(2)10(12)7-13-5-4-9(3)6-11(13)14/h4-6,8,10H,7,12H2,1-3H3. The molecule has 0 spiro atoms. The lowest BCUT2D eigenvalue weighted by molar-refractivity contribution is 0.427. The van der Waals surface area contributed by atoms with Crippen molar-refractivity contribution in [3.63, 3.8) is 0 Å². The minimum absolute atomic E-state index is 0.0288. The van der Waals surface area contributed by atoms with Crippen LogP contribution in [0.1, 0.15) is 19.4 Å². The van der Waals surface area contributed by atoms with E-state index in [9.17, 15) is 4.79 Å². The van der Waals surface area contributed by atoms with Crippen LogP contribution < -0.4 is 11.3 Å². The third kappa shape index (κ3) is 2.70. The Kier molecular flexibility index (Phi) is 3.47. The molecule has 1 aromatic rings. The maximum atomic E-state index is 11.5. The van der Waals surface area contributed by atoms with E-state index < -0.39 is 0 Å². The molecule has 0 amide bonds. The Morgan fingerprint density at radius 1 is 1.50 bits per heavy atom. The lowest BCUT2D eigenvalue weighted by Gasteiger charge is -2.16. The summed E-state index contributed by atoms with van der Waals surface area (Å²) in [5, 5.41) is 0. The van der Waals surface area contributed by atoms with Crippen LogP contribution in [-0.2, 0) is 6.54 Å². The van der Waals surface area contributed by atoms with Gasteiger partial charge in [-0.05, 0) is 24.5 Å². The van der Waals surface area contributed by atoms with E-state index >= 15 is 0 Å². The number of nitrogens with two attached hydrogens (primary N) is 1. The summed E-state index contributed by atoms with van der Waals surface area (Å²) in [4.78, 5) is 11.5. The van der Waals surface area contributed by atoms with Crippen molar-refractivity contribution in [2.75, 3.05) is 0 Å². The van der Waals surface area contributed by atoms with Gasteiger partial charge < -0.3 is 10.3 Å². The summed E-state index contributed by atoms with van der Waals surface area (Å²) in [6.45, 7) is 6.62. The van der Waals surface area contributed by atoms with Gasteiger partial charge in [-0.1, -0.05) is 13.8 Å². The Hall–Kier alpha value is -1.09. The SMILES string of the molecule is Cc1ccn(CC(N)C(C)C)c(=O)c1. The molecule has 0 aliphatic carbocycles. The molecule has 0 saturated carbocycles. The highest BCUT2D eigenvalue weighted by molar-refractivity contribution is 5.08. The normalized spacial score (nSPS) is 13.2. The molecule has 3 nitrogen and oxygen atoms in total. The highest BCUT2D eigenvalue weighted by Crippen LogP contribution is 2.00. The number of aryl methyl sites for hydroxylation is 1. The van der Waals surface area contributed by atoms with E-state index in [4.69, 9.17) is 5.73 Å². The monoisotopic (exact) mass is 194 g/mol. The summed E-state index contributed by atoms with van der Waals surface area (Å²) in [5.41, 5.74) is 6.91. The topological polar surface area (TPSA) is 48.0 Å². The zero-order chi connectivity index (χ0) is 10.7. The first-order chi connectivity index (χ1) is 6.50. The zero-order valence-corrected chi connectivity index (χ0v) is 9.03. The van der Waals surface area contributed by atoms with Crippen LogP contribution >= 0.6 is 0 Å². The summed E-state index contributed by atoms with van der Waals surface area (Å²) in [6, 6.07) is 3.59. The van der Waals surface area contributed by atoms with Crippen molar-refractivity contribution in [1.29, 1.82) is 0 Å². The third-order valence-corrected chi connectivity index (χ3v) is 2.42. The minimum Gasteiger partial charge on any atom is -0.326 e. The van der Waals surface area contributed by atoms with Crippen molar-refractivity contribution in [2.45, 2.75) is 33.4 Å². The number of pyridine rings is 1. The average Bonchev–Trinajstić information content (AvgIpc) is 2.09. The summed E-state index contributed by atoms with van der Waals surface area (Å²) >= 11 is 0. The molecule has 0 saturated heterocycles. The Bertz CT molecular complexity index is 355. The second kappa shape index (κ2) is 4.42. The van der Waals surface area contributed by atoms with Crippen LogP contribution in [0.15, 0.2) is 23.1 Å². The van der Waals surface area contributed by atoms with E-state index in [1.807, 2.05) is 13.0 Å². The van der Waals surface area contributed by atoms with E-state index in [1.54, 1.807) is 16.8 Å². The first-order valence-corrected chi connectivity index (χ1v) is 4.93. The molecule has 2 N–H and O–H groups in total. The Morgan fingerprint density at radius 2 is 2.14 bits per heavy atom. The largest absolute Gasteiger partial charge is 0.326 e. The van der Waals surface area contributed by atoms with Gasteiger partial charge in [-0.2, -0.15) is 0 Å². The van der Waals surface area contributed by atoms with Gasteiger partial charge in [0.25, 0.3) is 5.56 Å². The number of aromatic nitrogens is 1. The molecule has 0 radical (unpaired) electrons. The smallest absolute Gasteiger partial charge is 0.250 e. The maximum Gasteiger partial charge on any atom is 0.250 e. The van der Waals surface area contributed by atoms with Gasteiger partial charge in [-0.25, -0.2) is 0 Å². The van der Waals surface area contributed by atoms with Crippen molar-refractivity contribution in [1.82, 2.24) is 4.57 Å². The Labute approximate surface area is 84.6 Å². The van der Waals surface area contributed by atoms with Crippen molar-refractivity contribution >= 4 is 0 Å². The fourth-order valence-electron chi connectivity index (χ4n) is 1.20. The fraction of sp³-hybridized carbons (Fsp3) is 0.545. The Balaban J connectivity index is 2.82. The van der Waals surface area contributed by atoms with E-state index in [1.165, 1.54) is 0 Å².